The normalized spacial score (nSPS) is 10.7. The number of anilines is 1. The van der Waals surface area contributed by atoms with E-state index in [0.29, 0.717) is 24.4 Å². The summed E-state index contributed by atoms with van der Waals surface area (Å²) in [4.78, 5) is 16.8. The Hall–Kier alpha value is -3.60. The van der Waals surface area contributed by atoms with Gasteiger partial charge in [0.05, 0.1) is 23.0 Å². The van der Waals surface area contributed by atoms with Gasteiger partial charge in [-0.2, -0.15) is 0 Å². The number of ether oxygens (including phenoxy) is 1. The summed E-state index contributed by atoms with van der Waals surface area (Å²) in [6.45, 7) is 0.564. The Kier molecular flexibility index (Phi) is 4.83. The molecule has 134 valence electrons. The summed E-state index contributed by atoms with van der Waals surface area (Å²) in [5, 5.41) is 2.94. The minimum absolute atomic E-state index is 0.0723. The highest BCUT2D eigenvalue weighted by Gasteiger charge is 2.09. The van der Waals surface area contributed by atoms with E-state index < -0.39 is 0 Å². The van der Waals surface area contributed by atoms with Gasteiger partial charge in [-0.15, -0.1) is 0 Å². The molecule has 1 aromatic heterocycles. The molecule has 5 heteroatoms. The summed E-state index contributed by atoms with van der Waals surface area (Å²) >= 11 is 0. The van der Waals surface area contributed by atoms with Gasteiger partial charge >= 0.3 is 0 Å². The number of para-hydroxylation sites is 5. The number of nitrogens with zero attached hydrogens (tertiary/aromatic N) is 2. The first kappa shape index (κ1) is 16.8. The molecule has 0 saturated heterocycles. The van der Waals surface area contributed by atoms with Crippen molar-refractivity contribution in [1.82, 2.24) is 9.55 Å². The first-order valence-electron chi connectivity index (χ1n) is 8.81. The Bertz CT molecular complexity index is 1060. The van der Waals surface area contributed by atoms with Crippen LogP contribution in [0.2, 0.25) is 0 Å². The standard InChI is InChI=1S/C22H19N3O2/c26-22(14-15-25-16-23-18-10-4-6-12-20(18)25)24-19-11-5-7-13-21(19)27-17-8-2-1-3-9-17/h1-13,16H,14-15H2,(H,24,26). The fourth-order valence-corrected chi connectivity index (χ4v) is 2.90. The largest absolute Gasteiger partial charge is 0.455 e. The third-order valence-corrected chi connectivity index (χ3v) is 4.24. The molecule has 0 bridgehead atoms. The lowest BCUT2D eigenvalue weighted by Gasteiger charge is -2.12. The number of aromatic nitrogens is 2. The molecule has 4 aromatic rings. The lowest BCUT2D eigenvalue weighted by atomic mass is 10.2. The molecule has 0 saturated carbocycles. The van der Waals surface area contributed by atoms with Gasteiger partial charge in [0.25, 0.3) is 0 Å². The van der Waals surface area contributed by atoms with E-state index in [0.717, 1.165) is 16.8 Å². The molecule has 0 unspecified atom stereocenters. The van der Waals surface area contributed by atoms with Gasteiger partial charge in [0.15, 0.2) is 5.75 Å². The maximum Gasteiger partial charge on any atom is 0.226 e. The molecule has 0 radical (unpaired) electrons. The van der Waals surface area contributed by atoms with Gasteiger partial charge in [0.2, 0.25) is 5.91 Å². The zero-order valence-electron chi connectivity index (χ0n) is 14.7. The first-order chi connectivity index (χ1) is 13.3. The van der Waals surface area contributed by atoms with Crippen molar-refractivity contribution in [2.75, 3.05) is 5.32 Å². The fraction of sp³-hybridized carbons (Fsp3) is 0.0909. The second kappa shape index (κ2) is 7.74. The smallest absolute Gasteiger partial charge is 0.226 e. The summed E-state index contributed by atoms with van der Waals surface area (Å²) in [6.07, 6.45) is 2.12. The number of amides is 1. The number of nitrogens with one attached hydrogen (secondary N) is 1. The third kappa shape index (κ3) is 3.98. The van der Waals surface area contributed by atoms with E-state index in [2.05, 4.69) is 10.3 Å². The number of aryl methyl sites for hydroxylation is 1. The van der Waals surface area contributed by atoms with Crippen molar-refractivity contribution in [3.05, 3.63) is 85.2 Å². The zero-order valence-corrected chi connectivity index (χ0v) is 14.7. The zero-order chi connectivity index (χ0) is 18.5. The van der Waals surface area contributed by atoms with E-state index in [1.54, 1.807) is 6.33 Å². The summed E-state index contributed by atoms with van der Waals surface area (Å²) in [5.41, 5.74) is 2.61. The molecule has 0 fully saturated rings. The van der Waals surface area contributed by atoms with Crippen molar-refractivity contribution in [2.24, 2.45) is 0 Å². The molecule has 4 rings (SSSR count). The molecular weight excluding hydrogens is 338 g/mol. The predicted molar refractivity (Wildman–Crippen MR) is 106 cm³/mol. The molecule has 0 atom stereocenters. The minimum Gasteiger partial charge on any atom is -0.455 e. The molecule has 3 aromatic carbocycles. The Morgan fingerprint density at radius 3 is 2.56 bits per heavy atom. The quantitative estimate of drug-likeness (QED) is 0.536. The van der Waals surface area contributed by atoms with Crippen LogP contribution in [-0.4, -0.2) is 15.5 Å². The van der Waals surface area contributed by atoms with Crippen LogP contribution in [0.3, 0.4) is 0 Å². The molecular formula is C22H19N3O2. The number of hydrogen-bond donors (Lipinski definition) is 1. The van der Waals surface area contributed by atoms with E-state index in [4.69, 9.17) is 4.74 Å². The van der Waals surface area contributed by atoms with Crippen LogP contribution >= 0.6 is 0 Å². The molecule has 1 amide bonds. The number of hydrogen-bond acceptors (Lipinski definition) is 3. The van der Waals surface area contributed by atoms with Gasteiger partial charge in [0, 0.05) is 13.0 Å². The van der Waals surface area contributed by atoms with E-state index in [1.807, 2.05) is 83.4 Å². The molecule has 5 nitrogen and oxygen atoms in total. The summed E-state index contributed by atoms with van der Waals surface area (Å²) in [6, 6.07) is 24.8. The highest BCUT2D eigenvalue weighted by Crippen LogP contribution is 2.29. The monoisotopic (exact) mass is 357 g/mol. The third-order valence-electron chi connectivity index (χ3n) is 4.24. The highest BCUT2D eigenvalue weighted by atomic mass is 16.5. The number of fused-ring (bicyclic) bond motifs is 1. The maximum absolute atomic E-state index is 12.4. The van der Waals surface area contributed by atoms with E-state index in [-0.39, 0.29) is 5.91 Å². The fourth-order valence-electron chi connectivity index (χ4n) is 2.90. The Balaban J connectivity index is 1.42. The molecule has 0 aliphatic carbocycles. The van der Waals surface area contributed by atoms with Crippen LogP contribution in [0, 0.1) is 0 Å². The number of benzene rings is 3. The van der Waals surface area contributed by atoms with Crippen molar-refractivity contribution in [2.45, 2.75) is 13.0 Å². The lowest BCUT2D eigenvalue weighted by molar-refractivity contribution is -0.116. The number of imidazole rings is 1. The average molecular weight is 357 g/mol. The Morgan fingerprint density at radius 2 is 1.67 bits per heavy atom. The summed E-state index contributed by atoms with van der Waals surface area (Å²) < 4.78 is 7.88. The summed E-state index contributed by atoms with van der Waals surface area (Å²) in [5.74, 6) is 1.27. The SMILES string of the molecule is O=C(CCn1cnc2ccccc21)Nc1ccccc1Oc1ccccc1. The molecule has 0 aliphatic rings. The first-order valence-corrected chi connectivity index (χ1v) is 8.81. The van der Waals surface area contributed by atoms with Gasteiger partial charge < -0.3 is 14.6 Å². The van der Waals surface area contributed by atoms with Gasteiger partial charge in [-0.1, -0.05) is 42.5 Å². The van der Waals surface area contributed by atoms with Gasteiger partial charge in [-0.05, 0) is 36.4 Å². The lowest BCUT2D eigenvalue weighted by Crippen LogP contribution is -2.14. The second-order valence-corrected chi connectivity index (χ2v) is 6.14. The van der Waals surface area contributed by atoms with Crippen LogP contribution in [0.5, 0.6) is 11.5 Å². The number of carbonyl (C=O) groups excluding carboxylic acids is 1. The van der Waals surface area contributed by atoms with Crippen LogP contribution < -0.4 is 10.1 Å². The summed E-state index contributed by atoms with van der Waals surface area (Å²) in [7, 11) is 0. The minimum atomic E-state index is -0.0723. The van der Waals surface area contributed by atoms with E-state index >= 15 is 0 Å². The van der Waals surface area contributed by atoms with Gasteiger partial charge in [0.1, 0.15) is 5.75 Å². The molecule has 1 heterocycles. The predicted octanol–water partition coefficient (Wildman–Crippen LogP) is 4.86. The van der Waals surface area contributed by atoms with Crippen molar-refractivity contribution < 1.29 is 9.53 Å². The van der Waals surface area contributed by atoms with Crippen LogP contribution in [0.15, 0.2) is 85.2 Å². The Morgan fingerprint density at radius 1 is 0.926 bits per heavy atom. The second-order valence-electron chi connectivity index (χ2n) is 6.14. The maximum atomic E-state index is 12.4. The van der Waals surface area contributed by atoms with Crippen molar-refractivity contribution >= 4 is 22.6 Å². The molecule has 0 spiro atoms. The van der Waals surface area contributed by atoms with Crippen LogP contribution in [0.1, 0.15) is 6.42 Å². The van der Waals surface area contributed by atoms with Crippen molar-refractivity contribution in [3.63, 3.8) is 0 Å². The van der Waals surface area contributed by atoms with Crippen molar-refractivity contribution in [3.8, 4) is 11.5 Å². The van der Waals surface area contributed by atoms with Gasteiger partial charge in [-0.3, -0.25) is 4.79 Å². The van der Waals surface area contributed by atoms with E-state index in [9.17, 15) is 4.79 Å². The molecule has 1 N–H and O–H groups in total. The number of rotatable bonds is 6. The Labute approximate surface area is 157 Å². The average Bonchev–Trinajstić information content (AvgIpc) is 3.12. The van der Waals surface area contributed by atoms with Crippen LogP contribution in [0.25, 0.3) is 11.0 Å². The number of carbonyl (C=O) groups is 1. The van der Waals surface area contributed by atoms with Gasteiger partial charge in [-0.25, -0.2) is 4.98 Å². The van der Waals surface area contributed by atoms with Crippen LogP contribution in [-0.2, 0) is 11.3 Å². The van der Waals surface area contributed by atoms with E-state index in [1.165, 1.54) is 0 Å². The molecule has 0 aliphatic heterocycles. The molecule has 27 heavy (non-hydrogen) atoms. The van der Waals surface area contributed by atoms with Crippen LogP contribution in [0.4, 0.5) is 5.69 Å². The van der Waals surface area contributed by atoms with Crippen molar-refractivity contribution in [1.29, 1.82) is 0 Å². The highest BCUT2D eigenvalue weighted by molar-refractivity contribution is 5.92. The topological polar surface area (TPSA) is 56.2 Å².